The average molecular weight is 276 g/mol. The Morgan fingerprint density at radius 2 is 2.05 bits per heavy atom. The van der Waals surface area contributed by atoms with E-state index in [2.05, 4.69) is 32.2 Å². The molecule has 1 N–H and O–H groups in total. The Labute approximate surface area is 121 Å². The standard InChI is InChI=1S/C16H24N2O2/c1-16(2,3)18-12-13-7-8-14(19-4)11-15(13)20-10-6-5-9-17/h7-8,11,18H,5-6,10,12H2,1-4H3. The Morgan fingerprint density at radius 1 is 1.30 bits per heavy atom. The lowest BCUT2D eigenvalue weighted by Gasteiger charge is -2.22. The van der Waals surface area contributed by atoms with E-state index in [1.54, 1.807) is 7.11 Å². The zero-order valence-electron chi connectivity index (χ0n) is 12.8. The molecule has 0 aliphatic carbocycles. The van der Waals surface area contributed by atoms with Gasteiger partial charge in [-0.1, -0.05) is 6.07 Å². The van der Waals surface area contributed by atoms with Crippen LogP contribution in [0.3, 0.4) is 0 Å². The van der Waals surface area contributed by atoms with Gasteiger partial charge in [0.2, 0.25) is 0 Å². The largest absolute Gasteiger partial charge is 0.497 e. The number of rotatable bonds is 7. The van der Waals surface area contributed by atoms with Crippen molar-refractivity contribution in [2.45, 2.75) is 45.7 Å². The molecule has 110 valence electrons. The Balaban J connectivity index is 2.73. The maximum atomic E-state index is 8.54. The van der Waals surface area contributed by atoms with Crippen LogP contribution in [-0.2, 0) is 6.54 Å². The van der Waals surface area contributed by atoms with E-state index >= 15 is 0 Å². The number of hydrogen-bond acceptors (Lipinski definition) is 4. The van der Waals surface area contributed by atoms with Crippen molar-refractivity contribution in [2.24, 2.45) is 0 Å². The third-order valence-electron chi connectivity index (χ3n) is 2.77. The molecule has 0 amide bonds. The van der Waals surface area contributed by atoms with Gasteiger partial charge in [-0.3, -0.25) is 0 Å². The van der Waals surface area contributed by atoms with E-state index < -0.39 is 0 Å². The van der Waals surface area contributed by atoms with E-state index in [1.807, 2.05) is 18.2 Å². The van der Waals surface area contributed by atoms with E-state index in [0.717, 1.165) is 30.0 Å². The highest BCUT2D eigenvalue weighted by molar-refractivity contribution is 5.40. The SMILES string of the molecule is COc1ccc(CNC(C)(C)C)c(OCCCC#N)c1. The molecule has 0 spiro atoms. The zero-order valence-corrected chi connectivity index (χ0v) is 12.8. The number of ether oxygens (including phenoxy) is 2. The van der Waals surface area contributed by atoms with Crippen LogP contribution in [0.2, 0.25) is 0 Å². The van der Waals surface area contributed by atoms with Gasteiger partial charge in [0.05, 0.1) is 19.8 Å². The number of methoxy groups -OCH3 is 1. The monoisotopic (exact) mass is 276 g/mol. The van der Waals surface area contributed by atoms with Gasteiger partial charge in [0.1, 0.15) is 11.5 Å². The van der Waals surface area contributed by atoms with Gasteiger partial charge in [0.15, 0.2) is 0 Å². The topological polar surface area (TPSA) is 54.3 Å². The minimum absolute atomic E-state index is 0.0536. The molecule has 0 radical (unpaired) electrons. The first-order chi connectivity index (χ1) is 9.46. The molecule has 0 aromatic heterocycles. The van der Waals surface area contributed by atoms with Crippen molar-refractivity contribution < 1.29 is 9.47 Å². The first kappa shape index (κ1) is 16.3. The summed E-state index contributed by atoms with van der Waals surface area (Å²) in [5.74, 6) is 1.60. The number of unbranched alkanes of at least 4 members (excludes halogenated alkanes) is 1. The minimum Gasteiger partial charge on any atom is -0.497 e. The van der Waals surface area contributed by atoms with Crippen molar-refractivity contribution in [1.82, 2.24) is 5.32 Å². The molecule has 20 heavy (non-hydrogen) atoms. The van der Waals surface area contributed by atoms with Gasteiger partial charge < -0.3 is 14.8 Å². The van der Waals surface area contributed by atoms with Crippen molar-refractivity contribution in [2.75, 3.05) is 13.7 Å². The van der Waals surface area contributed by atoms with E-state index in [-0.39, 0.29) is 5.54 Å². The summed E-state index contributed by atoms with van der Waals surface area (Å²) in [6.07, 6.45) is 1.25. The lowest BCUT2D eigenvalue weighted by molar-refractivity contribution is 0.304. The molecule has 1 aromatic carbocycles. The van der Waals surface area contributed by atoms with Crippen LogP contribution in [0.15, 0.2) is 18.2 Å². The van der Waals surface area contributed by atoms with Crippen molar-refractivity contribution in [3.63, 3.8) is 0 Å². The summed E-state index contributed by atoms with van der Waals surface area (Å²) in [5.41, 5.74) is 1.15. The second-order valence-corrected chi connectivity index (χ2v) is 5.69. The van der Waals surface area contributed by atoms with Gasteiger partial charge in [-0.2, -0.15) is 5.26 Å². The van der Waals surface area contributed by atoms with Crippen LogP contribution in [-0.4, -0.2) is 19.3 Å². The fourth-order valence-corrected chi connectivity index (χ4v) is 1.64. The van der Waals surface area contributed by atoms with E-state index in [4.69, 9.17) is 14.7 Å². The van der Waals surface area contributed by atoms with Crippen LogP contribution >= 0.6 is 0 Å². The summed E-state index contributed by atoms with van der Waals surface area (Å²) in [4.78, 5) is 0. The lowest BCUT2D eigenvalue weighted by Crippen LogP contribution is -2.35. The number of nitrogens with one attached hydrogen (secondary N) is 1. The molecule has 0 atom stereocenters. The Kier molecular flexibility index (Phi) is 6.33. The number of hydrogen-bond donors (Lipinski definition) is 1. The highest BCUT2D eigenvalue weighted by Gasteiger charge is 2.11. The summed E-state index contributed by atoms with van der Waals surface area (Å²) in [5, 5.41) is 12.0. The Hall–Kier alpha value is -1.73. The fourth-order valence-electron chi connectivity index (χ4n) is 1.64. The van der Waals surface area contributed by atoms with Crippen molar-refractivity contribution >= 4 is 0 Å². The van der Waals surface area contributed by atoms with Crippen LogP contribution in [0, 0.1) is 11.3 Å². The van der Waals surface area contributed by atoms with E-state index in [1.165, 1.54) is 0 Å². The summed E-state index contributed by atoms with van der Waals surface area (Å²) in [7, 11) is 1.64. The first-order valence-electron chi connectivity index (χ1n) is 6.88. The Morgan fingerprint density at radius 3 is 2.65 bits per heavy atom. The first-order valence-corrected chi connectivity index (χ1v) is 6.88. The fraction of sp³-hybridized carbons (Fsp3) is 0.562. The summed E-state index contributed by atoms with van der Waals surface area (Å²) < 4.78 is 11.0. The van der Waals surface area contributed by atoms with Crippen LogP contribution in [0.25, 0.3) is 0 Å². The summed E-state index contributed by atoms with van der Waals surface area (Å²) in [6.45, 7) is 7.67. The number of nitrogens with zero attached hydrogens (tertiary/aromatic N) is 1. The zero-order chi connectivity index (χ0) is 15.0. The predicted molar refractivity (Wildman–Crippen MR) is 79.9 cm³/mol. The molecular weight excluding hydrogens is 252 g/mol. The molecule has 4 heteroatoms. The van der Waals surface area contributed by atoms with Gasteiger partial charge in [0, 0.05) is 30.1 Å². The highest BCUT2D eigenvalue weighted by atomic mass is 16.5. The van der Waals surface area contributed by atoms with Gasteiger partial charge in [-0.25, -0.2) is 0 Å². The third kappa shape index (κ3) is 5.94. The van der Waals surface area contributed by atoms with Crippen LogP contribution < -0.4 is 14.8 Å². The molecule has 1 aromatic rings. The quantitative estimate of drug-likeness (QED) is 0.777. The van der Waals surface area contributed by atoms with Gasteiger partial charge in [0.25, 0.3) is 0 Å². The maximum Gasteiger partial charge on any atom is 0.127 e. The van der Waals surface area contributed by atoms with Crippen molar-refractivity contribution in [3.05, 3.63) is 23.8 Å². The van der Waals surface area contributed by atoms with Gasteiger partial charge in [-0.05, 0) is 33.3 Å². The molecule has 0 aliphatic rings. The molecule has 0 unspecified atom stereocenters. The second-order valence-electron chi connectivity index (χ2n) is 5.69. The van der Waals surface area contributed by atoms with Gasteiger partial charge in [-0.15, -0.1) is 0 Å². The normalized spacial score (nSPS) is 10.9. The van der Waals surface area contributed by atoms with Crippen molar-refractivity contribution in [1.29, 1.82) is 5.26 Å². The summed E-state index contributed by atoms with van der Waals surface area (Å²) in [6, 6.07) is 7.96. The predicted octanol–water partition coefficient (Wildman–Crippen LogP) is 3.27. The van der Waals surface area contributed by atoms with Crippen LogP contribution in [0.5, 0.6) is 11.5 Å². The Bertz CT molecular complexity index is 459. The van der Waals surface area contributed by atoms with Crippen molar-refractivity contribution in [3.8, 4) is 17.6 Å². The van der Waals surface area contributed by atoms with E-state index in [0.29, 0.717) is 13.0 Å². The smallest absolute Gasteiger partial charge is 0.127 e. The molecule has 0 saturated carbocycles. The molecule has 0 bridgehead atoms. The second kappa shape index (κ2) is 7.76. The molecule has 0 saturated heterocycles. The molecule has 1 rings (SSSR count). The molecule has 4 nitrogen and oxygen atoms in total. The average Bonchev–Trinajstić information content (AvgIpc) is 2.41. The molecule has 0 aliphatic heterocycles. The molecule has 0 heterocycles. The minimum atomic E-state index is 0.0536. The van der Waals surface area contributed by atoms with Gasteiger partial charge >= 0.3 is 0 Å². The van der Waals surface area contributed by atoms with Crippen LogP contribution in [0.1, 0.15) is 39.2 Å². The molecule has 0 fully saturated rings. The highest BCUT2D eigenvalue weighted by Crippen LogP contribution is 2.25. The van der Waals surface area contributed by atoms with E-state index in [9.17, 15) is 0 Å². The third-order valence-corrected chi connectivity index (χ3v) is 2.77. The molecular formula is C16H24N2O2. The maximum absolute atomic E-state index is 8.54. The lowest BCUT2D eigenvalue weighted by atomic mass is 10.1. The van der Waals surface area contributed by atoms with Crippen LogP contribution in [0.4, 0.5) is 0 Å². The summed E-state index contributed by atoms with van der Waals surface area (Å²) >= 11 is 0. The number of benzene rings is 1. The number of nitriles is 1.